The molecule has 0 amide bonds. The molecule has 2 aromatic carbocycles. The number of aromatic nitrogens is 3. The van der Waals surface area contributed by atoms with Crippen LogP contribution in [0.25, 0.3) is 17.1 Å². The van der Waals surface area contributed by atoms with Crippen LogP contribution in [0.4, 0.5) is 18.9 Å². The molecule has 0 radical (unpaired) electrons. The predicted molar refractivity (Wildman–Crippen MR) is 136 cm³/mol. The van der Waals surface area contributed by atoms with Crippen LogP contribution in [0, 0.1) is 6.92 Å². The van der Waals surface area contributed by atoms with E-state index in [-0.39, 0.29) is 5.82 Å². The molecular weight excluding hydrogens is 497 g/mol. The monoisotopic (exact) mass is 522 g/mol. The van der Waals surface area contributed by atoms with Gasteiger partial charge in [-0.05, 0) is 61.2 Å². The highest BCUT2D eigenvalue weighted by Gasteiger charge is 2.41. The van der Waals surface area contributed by atoms with Gasteiger partial charge in [-0.2, -0.15) is 18.3 Å². The van der Waals surface area contributed by atoms with Gasteiger partial charge in [-0.25, -0.2) is 14.5 Å². The number of carbonyl (C=O) groups is 1. The first-order chi connectivity index (χ1) is 18.1. The Morgan fingerprint density at radius 1 is 1.13 bits per heavy atom. The second-order valence-electron chi connectivity index (χ2n) is 9.28. The van der Waals surface area contributed by atoms with E-state index in [1.165, 1.54) is 17.3 Å². The van der Waals surface area contributed by atoms with Crippen LogP contribution in [0.15, 0.2) is 60.8 Å². The molecule has 5 rings (SSSR count). The zero-order valence-electron chi connectivity index (χ0n) is 20.8. The van der Waals surface area contributed by atoms with Crippen LogP contribution < -0.4 is 9.64 Å². The van der Waals surface area contributed by atoms with Gasteiger partial charge in [0.05, 0.1) is 11.9 Å². The normalized spacial score (nSPS) is 13.3. The van der Waals surface area contributed by atoms with Crippen LogP contribution in [-0.2, 0) is 19.2 Å². The third kappa shape index (κ3) is 4.93. The summed E-state index contributed by atoms with van der Waals surface area (Å²) < 4.78 is 47.9. The Morgan fingerprint density at radius 3 is 2.71 bits per heavy atom. The van der Waals surface area contributed by atoms with Gasteiger partial charge in [-0.3, -0.25) is 0 Å². The number of halogens is 3. The van der Waals surface area contributed by atoms with Gasteiger partial charge < -0.3 is 14.7 Å². The van der Waals surface area contributed by atoms with Gasteiger partial charge in [-0.1, -0.05) is 29.8 Å². The number of anilines is 1. The number of aryl methyl sites for hydroxylation is 2. The second-order valence-corrected chi connectivity index (χ2v) is 9.28. The van der Waals surface area contributed by atoms with Crippen molar-refractivity contribution in [2.45, 2.75) is 32.5 Å². The average Bonchev–Trinajstić information content (AvgIpc) is 3.35. The lowest BCUT2D eigenvalue weighted by molar-refractivity contribution is -0.143. The summed E-state index contributed by atoms with van der Waals surface area (Å²) in [7, 11) is 2.08. The third-order valence-corrected chi connectivity index (χ3v) is 6.52. The number of pyridine rings is 1. The van der Waals surface area contributed by atoms with Crippen LogP contribution in [0.2, 0.25) is 0 Å². The number of carboxylic acid groups (broad SMARTS) is 1. The largest absolute Gasteiger partial charge is 0.488 e. The molecule has 0 saturated heterocycles. The van der Waals surface area contributed by atoms with Crippen molar-refractivity contribution in [1.82, 2.24) is 14.8 Å². The number of benzene rings is 2. The first kappa shape index (κ1) is 25.3. The SMILES string of the molecule is Cc1ccc(OCc2ccc3c(c2)CCCN3C)c(-c2cccc(-n3ncc(C(=O)O)c3C(F)(F)F)n2)c1. The molecule has 196 valence electrons. The molecule has 0 fully saturated rings. The van der Waals surface area contributed by atoms with Crippen molar-refractivity contribution >= 4 is 11.7 Å². The molecule has 0 bridgehead atoms. The molecule has 38 heavy (non-hydrogen) atoms. The van der Waals surface area contributed by atoms with E-state index in [0.717, 1.165) is 30.5 Å². The predicted octanol–water partition coefficient (Wildman–Crippen LogP) is 5.92. The summed E-state index contributed by atoms with van der Waals surface area (Å²) in [4.78, 5) is 18.0. The Bertz CT molecular complexity index is 1510. The maximum Gasteiger partial charge on any atom is 0.434 e. The third-order valence-electron chi connectivity index (χ3n) is 6.52. The summed E-state index contributed by atoms with van der Waals surface area (Å²) in [5.74, 6) is -1.35. The van der Waals surface area contributed by atoms with E-state index < -0.39 is 23.4 Å². The van der Waals surface area contributed by atoms with Gasteiger partial charge in [0.2, 0.25) is 0 Å². The molecule has 1 aliphatic rings. The maximum atomic E-state index is 13.7. The number of aromatic carboxylic acids is 1. The highest BCUT2D eigenvalue weighted by atomic mass is 19.4. The zero-order chi connectivity index (χ0) is 27.0. The van der Waals surface area contributed by atoms with Crippen molar-refractivity contribution in [2.24, 2.45) is 0 Å². The molecule has 3 heterocycles. The highest BCUT2D eigenvalue weighted by molar-refractivity contribution is 5.89. The van der Waals surface area contributed by atoms with Crippen molar-refractivity contribution in [3.8, 4) is 22.8 Å². The van der Waals surface area contributed by atoms with E-state index >= 15 is 0 Å². The van der Waals surface area contributed by atoms with Gasteiger partial charge in [0.25, 0.3) is 0 Å². The van der Waals surface area contributed by atoms with Crippen molar-refractivity contribution < 1.29 is 27.8 Å². The number of nitrogens with zero attached hydrogens (tertiary/aromatic N) is 4. The highest BCUT2D eigenvalue weighted by Crippen LogP contribution is 2.35. The molecule has 7 nitrogen and oxygen atoms in total. The number of fused-ring (bicyclic) bond motifs is 1. The summed E-state index contributed by atoms with van der Waals surface area (Å²) in [5, 5.41) is 12.9. The molecule has 1 aliphatic heterocycles. The number of hydrogen-bond acceptors (Lipinski definition) is 5. The van der Waals surface area contributed by atoms with E-state index in [4.69, 9.17) is 4.74 Å². The number of alkyl halides is 3. The van der Waals surface area contributed by atoms with Gasteiger partial charge in [0, 0.05) is 24.8 Å². The van der Waals surface area contributed by atoms with E-state index in [1.54, 1.807) is 12.1 Å². The van der Waals surface area contributed by atoms with E-state index in [0.29, 0.717) is 34.5 Å². The topological polar surface area (TPSA) is 80.5 Å². The molecule has 0 unspecified atom stereocenters. The van der Waals surface area contributed by atoms with Crippen LogP contribution in [0.3, 0.4) is 0 Å². The van der Waals surface area contributed by atoms with Crippen LogP contribution >= 0.6 is 0 Å². The standard InChI is InChI=1S/C28H25F3N4O3/c1-17-8-11-24(38-16-18-9-10-23-19(14-18)5-4-12-34(23)2)20(13-17)22-6-3-7-25(33-22)35-26(28(29,30)31)21(15-32-35)27(36)37/h3,6-11,13-15H,4-5,12,16H2,1-2H3,(H,36,37). The number of rotatable bonds is 6. The second kappa shape index (κ2) is 9.85. The summed E-state index contributed by atoms with van der Waals surface area (Å²) in [5.41, 5.74) is 3.06. The fourth-order valence-electron chi connectivity index (χ4n) is 4.70. The van der Waals surface area contributed by atoms with Gasteiger partial charge in [0.15, 0.2) is 11.5 Å². The summed E-state index contributed by atoms with van der Waals surface area (Å²) in [6, 6.07) is 16.4. The molecule has 2 aromatic heterocycles. The van der Waals surface area contributed by atoms with Crippen LogP contribution in [0.5, 0.6) is 5.75 Å². The Morgan fingerprint density at radius 2 is 1.95 bits per heavy atom. The fourth-order valence-corrected chi connectivity index (χ4v) is 4.70. The maximum absolute atomic E-state index is 13.7. The van der Waals surface area contributed by atoms with Crippen LogP contribution in [0.1, 0.15) is 39.2 Å². The Balaban J connectivity index is 1.48. The minimum absolute atomic E-state index is 0.159. The molecule has 1 N–H and O–H groups in total. The lowest BCUT2D eigenvalue weighted by atomic mass is 10.00. The van der Waals surface area contributed by atoms with E-state index in [1.807, 2.05) is 31.2 Å². The molecule has 0 atom stereocenters. The minimum Gasteiger partial charge on any atom is -0.488 e. The lowest BCUT2D eigenvalue weighted by Crippen LogP contribution is -2.24. The molecular formula is C28H25F3N4O3. The Hall–Kier alpha value is -4.34. The number of ether oxygens (including phenoxy) is 1. The molecule has 10 heteroatoms. The van der Waals surface area contributed by atoms with Gasteiger partial charge in [-0.15, -0.1) is 0 Å². The van der Waals surface area contributed by atoms with E-state index in [9.17, 15) is 23.1 Å². The zero-order valence-corrected chi connectivity index (χ0v) is 20.8. The van der Waals surface area contributed by atoms with Crippen LogP contribution in [-0.4, -0.2) is 39.4 Å². The van der Waals surface area contributed by atoms with E-state index in [2.05, 4.69) is 34.2 Å². The van der Waals surface area contributed by atoms with Crippen molar-refractivity contribution in [3.63, 3.8) is 0 Å². The number of carboxylic acids is 1. The molecule has 4 aromatic rings. The van der Waals surface area contributed by atoms with Gasteiger partial charge >= 0.3 is 12.1 Å². The first-order valence-corrected chi connectivity index (χ1v) is 12.0. The Kier molecular flexibility index (Phi) is 6.56. The average molecular weight is 523 g/mol. The molecule has 0 aliphatic carbocycles. The number of hydrogen-bond donors (Lipinski definition) is 1. The smallest absolute Gasteiger partial charge is 0.434 e. The molecule has 0 spiro atoms. The summed E-state index contributed by atoms with van der Waals surface area (Å²) >= 11 is 0. The minimum atomic E-state index is -4.94. The molecule has 0 saturated carbocycles. The van der Waals surface area contributed by atoms with Crippen molar-refractivity contribution in [3.05, 3.63) is 88.7 Å². The summed E-state index contributed by atoms with van der Waals surface area (Å²) in [6.45, 7) is 3.24. The van der Waals surface area contributed by atoms with Crippen molar-refractivity contribution in [2.75, 3.05) is 18.5 Å². The van der Waals surface area contributed by atoms with Crippen molar-refractivity contribution in [1.29, 1.82) is 0 Å². The van der Waals surface area contributed by atoms with Gasteiger partial charge in [0.1, 0.15) is 17.9 Å². The fraction of sp³-hybridized carbons (Fsp3) is 0.250. The lowest BCUT2D eigenvalue weighted by Gasteiger charge is -2.27. The summed E-state index contributed by atoms with van der Waals surface area (Å²) in [6.07, 6.45) is -2.16. The quantitative estimate of drug-likeness (QED) is 0.339. The first-order valence-electron chi connectivity index (χ1n) is 12.0. The Labute approximate surface area is 217 Å².